The first kappa shape index (κ1) is 16.0. The minimum absolute atomic E-state index is 0.613. The molecule has 0 amide bonds. The fourth-order valence-electron chi connectivity index (χ4n) is 3.45. The molecule has 4 rings (SSSR count). The van der Waals surface area contributed by atoms with Crippen LogP contribution in [-0.4, -0.2) is 35.6 Å². The van der Waals surface area contributed by atoms with E-state index in [1.165, 1.54) is 24.2 Å². The molecule has 1 saturated heterocycles. The minimum Gasteiger partial charge on any atom is -0.464 e. The molecule has 0 radical (unpaired) electrons. The summed E-state index contributed by atoms with van der Waals surface area (Å²) in [6.45, 7) is 3.20. The first-order valence-corrected chi connectivity index (χ1v) is 8.98. The highest BCUT2D eigenvalue weighted by atomic mass is 16.3. The van der Waals surface area contributed by atoms with Crippen molar-refractivity contribution in [2.45, 2.75) is 25.3 Å². The van der Waals surface area contributed by atoms with Crippen molar-refractivity contribution in [3.8, 4) is 11.3 Å². The lowest BCUT2D eigenvalue weighted by Gasteiger charge is -2.34. The van der Waals surface area contributed by atoms with E-state index in [0.717, 1.165) is 37.4 Å². The van der Waals surface area contributed by atoms with Crippen molar-refractivity contribution < 1.29 is 4.42 Å². The molecule has 0 saturated carbocycles. The highest BCUT2D eigenvalue weighted by Gasteiger charge is 2.19. The molecular formula is C20H24N4O. The predicted molar refractivity (Wildman–Crippen MR) is 99.7 cm³/mol. The maximum Gasteiger partial charge on any atom is 0.133 e. The Bertz CT molecular complexity index is 742. The van der Waals surface area contributed by atoms with Crippen molar-refractivity contribution >= 4 is 5.69 Å². The number of hydrogen-bond acceptors (Lipinski definition) is 4. The Morgan fingerprint density at radius 1 is 1.16 bits per heavy atom. The third-order valence-corrected chi connectivity index (χ3v) is 4.92. The van der Waals surface area contributed by atoms with Gasteiger partial charge < -0.3 is 19.6 Å². The number of aromatic amines is 1. The van der Waals surface area contributed by atoms with E-state index in [0.29, 0.717) is 6.04 Å². The highest BCUT2D eigenvalue weighted by molar-refractivity contribution is 5.61. The molecule has 5 heteroatoms. The van der Waals surface area contributed by atoms with Crippen molar-refractivity contribution in [3.05, 3.63) is 60.9 Å². The summed E-state index contributed by atoms with van der Waals surface area (Å²) in [6.07, 6.45) is 8.73. The van der Waals surface area contributed by atoms with Crippen LogP contribution in [0, 0.1) is 0 Å². The fourth-order valence-corrected chi connectivity index (χ4v) is 3.45. The number of benzene rings is 1. The first-order valence-electron chi connectivity index (χ1n) is 8.98. The lowest BCUT2D eigenvalue weighted by molar-refractivity contribution is 0.417. The van der Waals surface area contributed by atoms with Gasteiger partial charge >= 0.3 is 0 Å². The van der Waals surface area contributed by atoms with Crippen molar-refractivity contribution in [1.29, 1.82) is 0 Å². The number of furan rings is 1. The number of anilines is 1. The molecule has 1 aromatic carbocycles. The van der Waals surface area contributed by atoms with E-state index in [4.69, 9.17) is 4.42 Å². The monoisotopic (exact) mass is 336 g/mol. The van der Waals surface area contributed by atoms with Crippen LogP contribution in [0.5, 0.6) is 0 Å². The number of aromatic nitrogens is 2. The quantitative estimate of drug-likeness (QED) is 0.724. The molecule has 5 nitrogen and oxygen atoms in total. The SMILES string of the molecule is c1coc(-c2ccc(N3CCC(NCCc4cnc[nH]4)CC3)cc2)c1. The number of nitrogens with one attached hydrogen (secondary N) is 2. The van der Waals surface area contributed by atoms with Crippen molar-refractivity contribution in [2.24, 2.45) is 0 Å². The van der Waals surface area contributed by atoms with Crippen molar-refractivity contribution in [1.82, 2.24) is 15.3 Å². The van der Waals surface area contributed by atoms with Crippen LogP contribution in [0.2, 0.25) is 0 Å². The van der Waals surface area contributed by atoms with Gasteiger partial charge in [0.2, 0.25) is 0 Å². The minimum atomic E-state index is 0.613. The number of rotatable bonds is 6. The van der Waals surface area contributed by atoms with E-state index in [1.54, 1.807) is 12.6 Å². The predicted octanol–water partition coefficient (Wildman–Crippen LogP) is 3.47. The average Bonchev–Trinajstić information content (AvgIpc) is 3.37. The van der Waals surface area contributed by atoms with Crippen LogP contribution in [0.15, 0.2) is 59.6 Å². The Morgan fingerprint density at radius 3 is 2.68 bits per heavy atom. The van der Waals surface area contributed by atoms with Gasteiger partial charge in [0.25, 0.3) is 0 Å². The second kappa shape index (κ2) is 7.57. The molecule has 0 atom stereocenters. The number of H-pyrrole nitrogens is 1. The normalized spacial score (nSPS) is 15.6. The van der Waals surface area contributed by atoms with Gasteiger partial charge in [-0.05, 0) is 49.2 Å². The molecule has 3 aromatic rings. The molecule has 1 fully saturated rings. The summed E-state index contributed by atoms with van der Waals surface area (Å²) in [6, 6.07) is 13.2. The Morgan fingerprint density at radius 2 is 2.00 bits per heavy atom. The van der Waals surface area contributed by atoms with Gasteiger partial charge in [0.1, 0.15) is 5.76 Å². The van der Waals surface area contributed by atoms with Crippen LogP contribution in [0.3, 0.4) is 0 Å². The average molecular weight is 336 g/mol. The summed E-state index contributed by atoms with van der Waals surface area (Å²) >= 11 is 0. The molecule has 0 unspecified atom stereocenters. The summed E-state index contributed by atoms with van der Waals surface area (Å²) in [5.41, 5.74) is 3.62. The zero-order valence-corrected chi connectivity index (χ0v) is 14.3. The largest absolute Gasteiger partial charge is 0.464 e. The third-order valence-electron chi connectivity index (χ3n) is 4.92. The van der Waals surface area contributed by atoms with E-state index in [9.17, 15) is 0 Å². The van der Waals surface area contributed by atoms with E-state index >= 15 is 0 Å². The highest BCUT2D eigenvalue weighted by Crippen LogP contribution is 2.25. The second-order valence-corrected chi connectivity index (χ2v) is 6.57. The summed E-state index contributed by atoms with van der Waals surface area (Å²) in [4.78, 5) is 9.68. The zero-order chi connectivity index (χ0) is 16.9. The van der Waals surface area contributed by atoms with Gasteiger partial charge in [0, 0.05) is 55.2 Å². The van der Waals surface area contributed by atoms with Gasteiger partial charge in [0.15, 0.2) is 0 Å². The topological polar surface area (TPSA) is 57.1 Å². The van der Waals surface area contributed by atoms with E-state index in [2.05, 4.69) is 44.5 Å². The Kier molecular flexibility index (Phi) is 4.84. The Labute approximate surface area is 148 Å². The molecule has 2 aromatic heterocycles. The molecule has 0 bridgehead atoms. The van der Waals surface area contributed by atoms with Crippen LogP contribution in [0.25, 0.3) is 11.3 Å². The van der Waals surface area contributed by atoms with Crippen LogP contribution in [0.4, 0.5) is 5.69 Å². The fraction of sp³-hybridized carbons (Fsp3) is 0.350. The van der Waals surface area contributed by atoms with Crippen LogP contribution < -0.4 is 10.2 Å². The van der Waals surface area contributed by atoms with Gasteiger partial charge in [-0.1, -0.05) is 0 Å². The lowest BCUT2D eigenvalue weighted by Crippen LogP contribution is -2.43. The molecular weight excluding hydrogens is 312 g/mol. The van der Waals surface area contributed by atoms with Gasteiger partial charge in [-0.2, -0.15) is 0 Å². The van der Waals surface area contributed by atoms with Gasteiger partial charge in [-0.3, -0.25) is 0 Å². The van der Waals surface area contributed by atoms with Gasteiger partial charge in [-0.15, -0.1) is 0 Å². The molecule has 1 aliphatic rings. The number of hydrogen-bond donors (Lipinski definition) is 2. The Hall–Kier alpha value is -2.53. The van der Waals surface area contributed by atoms with Crippen molar-refractivity contribution in [3.63, 3.8) is 0 Å². The molecule has 25 heavy (non-hydrogen) atoms. The van der Waals surface area contributed by atoms with Crippen LogP contribution in [-0.2, 0) is 6.42 Å². The smallest absolute Gasteiger partial charge is 0.133 e. The summed E-state index contributed by atoms with van der Waals surface area (Å²) < 4.78 is 5.46. The van der Waals surface area contributed by atoms with Crippen LogP contribution >= 0.6 is 0 Å². The molecule has 3 heterocycles. The summed E-state index contributed by atoms with van der Waals surface area (Å²) in [5, 5.41) is 3.67. The number of piperidine rings is 1. The van der Waals surface area contributed by atoms with Crippen LogP contribution in [0.1, 0.15) is 18.5 Å². The van der Waals surface area contributed by atoms with E-state index in [-0.39, 0.29) is 0 Å². The standard InChI is InChI=1S/C20H24N4O/c1-2-20(25-13-1)16-3-5-19(6-4-16)24-11-8-17(9-12-24)22-10-7-18-14-21-15-23-18/h1-6,13-15,17,22H,7-12H2,(H,21,23). The van der Waals surface area contributed by atoms with Crippen molar-refractivity contribution in [2.75, 3.05) is 24.5 Å². The molecule has 2 N–H and O–H groups in total. The van der Waals surface area contributed by atoms with Gasteiger partial charge in [-0.25, -0.2) is 4.98 Å². The molecule has 1 aliphatic heterocycles. The molecule has 0 spiro atoms. The summed E-state index contributed by atoms with van der Waals surface area (Å²) in [7, 11) is 0. The first-order chi connectivity index (χ1) is 12.4. The van der Waals surface area contributed by atoms with E-state index in [1.807, 2.05) is 18.3 Å². The lowest BCUT2D eigenvalue weighted by atomic mass is 10.0. The second-order valence-electron chi connectivity index (χ2n) is 6.57. The maximum absolute atomic E-state index is 5.46. The third kappa shape index (κ3) is 3.94. The Balaban J connectivity index is 1.25. The maximum atomic E-state index is 5.46. The van der Waals surface area contributed by atoms with E-state index < -0.39 is 0 Å². The molecule has 0 aliphatic carbocycles. The number of nitrogens with zero attached hydrogens (tertiary/aromatic N) is 2. The van der Waals surface area contributed by atoms with Gasteiger partial charge in [0.05, 0.1) is 12.6 Å². The zero-order valence-electron chi connectivity index (χ0n) is 14.3. The molecule has 130 valence electrons. The number of imidazole rings is 1. The summed E-state index contributed by atoms with van der Waals surface area (Å²) in [5.74, 6) is 0.923.